The molecule has 2 aliphatic heterocycles. The lowest BCUT2D eigenvalue weighted by molar-refractivity contribution is -0.145. The number of urea groups is 2. The van der Waals surface area contributed by atoms with Gasteiger partial charge in [0.05, 0.1) is 13.1 Å². The van der Waals surface area contributed by atoms with Gasteiger partial charge in [-0.3, -0.25) is 30.9 Å². The molecule has 0 spiro atoms. The Bertz CT molecular complexity index is 2510. The van der Waals surface area contributed by atoms with Crippen LogP contribution in [0.3, 0.4) is 0 Å². The van der Waals surface area contributed by atoms with E-state index < -0.39 is 24.4 Å². The topological polar surface area (TPSA) is 249 Å². The van der Waals surface area contributed by atoms with Gasteiger partial charge in [-0.1, -0.05) is 72.8 Å². The molecule has 17 heteroatoms. The number of carbonyl (C=O) groups excluding carboxylic acids is 6. The Kier molecular flexibility index (Phi) is 13.1. The number of carbonyl (C=O) groups is 6. The molecule has 324 valence electrons. The standard InChI is InChI=1S/C46H44N8O8.H2O/c47-39(19-33-21-49-37-13-11-31(17-35(33)37)23-51-27-41(55)53(45(51)59)25-29-7-3-1-4-8-29)61-43(57)15-16-44(58)62-40(48)20-34-22-50-38-14-12-32(18-36(34)38)24-52-28-42(56)54(46(52)60)26-30-9-5-2-6-10-30;/h1-18,21-22,39-40,49-50H,19-20,23-28,47-48H2;1H2/b16-15-;. The number of nitrogens with two attached hydrogens (primary N) is 2. The summed E-state index contributed by atoms with van der Waals surface area (Å²) < 4.78 is 10.7. The molecule has 4 aromatic carbocycles. The maximum Gasteiger partial charge on any atom is 0.332 e. The highest BCUT2D eigenvalue weighted by Crippen LogP contribution is 2.26. The zero-order valence-corrected chi connectivity index (χ0v) is 34.1. The molecule has 0 aliphatic carbocycles. The van der Waals surface area contributed by atoms with Crippen LogP contribution in [0.4, 0.5) is 9.59 Å². The van der Waals surface area contributed by atoms with Gasteiger partial charge in [-0.15, -0.1) is 0 Å². The monoisotopic (exact) mass is 854 g/mol. The van der Waals surface area contributed by atoms with Crippen LogP contribution in [0.2, 0.25) is 0 Å². The molecule has 0 radical (unpaired) electrons. The lowest BCUT2D eigenvalue weighted by Crippen LogP contribution is -2.32. The number of esters is 2. The van der Waals surface area contributed by atoms with Crippen molar-refractivity contribution in [2.24, 2.45) is 11.5 Å². The van der Waals surface area contributed by atoms with Gasteiger partial charge in [-0.05, 0) is 57.6 Å². The first-order valence-electron chi connectivity index (χ1n) is 20.0. The molecule has 4 heterocycles. The summed E-state index contributed by atoms with van der Waals surface area (Å²) in [6.07, 6.45) is 3.54. The van der Waals surface area contributed by atoms with Crippen molar-refractivity contribution in [1.82, 2.24) is 29.6 Å². The van der Waals surface area contributed by atoms with E-state index in [4.69, 9.17) is 20.9 Å². The van der Waals surface area contributed by atoms with Crippen LogP contribution in [0.25, 0.3) is 21.8 Å². The van der Waals surface area contributed by atoms with Crippen LogP contribution in [0.5, 0.6) is 0 Å². The third-order valence-corrected chi connectivity index (χ3v) is 10.8. The number of rotatable bonds is 16. The number of imide groups is 2. The minimum Gasteiger partial charge on any atom is -0.443 e. The molecule has 0 bridgehead atoms. The number of amides is 6. The second-order valence-electron chi connectivity index (χ2n) is 15.3. The van der Waals surface area contributed by atoms with Crippen molar-refractivity contribution in [3.8, 4) is 0 Å². The third-order valence-electron chi connectivity index (χ3n) is 10.8. The van der Waals surface area contributed by atoms with Crippen molar-refractivity contribution >= 4 is 57.6 Å². The van der Waals surface area contributed by atoms with E-state index in [0.29, 0.717) is 0 Å². The summed E-state index contributed by atoms with van der Waals surface area (Å²) >= 11 is 0. The summed E-state index contributed by atoms with van der Waals surface area (Å²) in [4.78, 5) is 88.8. The summed E-state index contributed by atoms with van der Waals surface area (Å²) in [6.45, 7) is 0.828. The number of hydrogen-bond acceptors (Lipinski definition) is 10. The van der Waals surface area contributed by atoms with Crippen LogP contribution in [0.15, 0.2) is 122 Å². The summed E-state index contributed by atoms with van der Waals surface area (Å²) in [5.41, 5.74) is 18.9. The average Bonchev–Trinajstić information content (AvgIpc) is 3.99. The van der Waals surface area contributed by atoms with Gasteiger partial charge in [0, 0.05) is 72.3 Å². The molecule has 63 heavy (non-hydrogen) atoms. The van der Waals surface area contributed by atoms with Crippen molar-refractivity contribution in [2.75, 3.05) is 13.1 Å². The maximum atomic E-state index is 13.1. The van der Waals surface area contributed by atoms with E-state index in [1.807, 2.05) is 97.1 Å². The molecule has 2 atom stereocenters. The fraction of sp³-hybridized carbons (Fsp3) is 0.217. The Morgan fingerprint density at radius 3 is 1.37 bits per heavy atom. The van der Waals surface area contributed by atoms with Gasteiger partial charge >= 0.3 is 24.0 Å². The molecular formula is C46H46N8O9. The normalized spacial score (nSPS) is 15.2. The Balaban J connectivity index is 0.00000595. The number of aromatic nitrogens is 2. The van der Waals surface area contributed by atoms with E-state index in [-0.39, 0.29) is 81.5 Å². The Morgan fingerprint density at radius 1 is 0.571 bits per heavy atom. The first-order chi connectivity index (χ1) is 30.0. The van der Waals surface area contributed by atoms with Crippen LogP contribution in [0, 0.1) is 0 Å². The number of fused-ring (bicyclic) bond motifs is 2. The molecule has 6 amide bonds. The average molecular weight is 855 g/mol. The van der Waals surface area contributed by atoms with Gasteiger partial charge < -0.3 is 34.7 Å². The fourth-order valence-electron chi connectivity index (χ4n) is 7.73. The summed E-state index contributed by atoms with van der Waals surface area (Å²) in [5, 5.41) is 1.63. The molecule has 8 rings (SSSR count). The third kappa shape index (κ3) is 10.1. The smallest absolute Gasteiger partial charge is 0.332 e. The Labute approximate surface area is 361 Å². The molecular weight excluding hydrogens is 809 g/mol. The minimum absolute atomic E-state index is 0. The van der Waals surface area contributed by atoms with E-state index in [0.717, 1.165) is 67.3 Å². The molecule has 6 aromatic rings. The van der Waals surface area contributed by atoms with E-state index in [9.17, 15) is 28.8 Å². The van der Waals surface area contributed by atoms with Crippen LogP contribution < -0.4 is 11.5 Å². The molecule has 2 unspecified atom stereocenters. The molecule has 0 saturated carbocycles. The second-order valence-corrected chi connectivity index (χ2v) is 15.3. The maximum absolute atomic E-state index is 13.1. The van der Waals surface area contributed by atoms with Crippen LogP contribution in [0.1, 0.15) is 33.4 Å². The number of benzene rings is 4. The SMILES string of the molecule is NC(Cc1c[nH]c2ccc(CN3CC(=O)N(Cc4ccccc4)C3=O)cc12)OC(=O)/C=C\C(=O)OC(N)Cc1c[nH]c2ccc(CN3CC(=O)N(Cc4ccccc4)C3=O)cc12.O. The van der Waals surface area contributed by atoms with Gasteiger partial charge in [0.1, 0.15) is 13.1 Å². The van der Waals surface area contributed by atoms with Crippen molar-refractivity contribution in [2.45, 2.75) is 51.5 Å². The van der Waals surface area contributed by atoms with Crippen molar-refractivity contribution in [3.63, 3.8) is 0 Å². The molecule has 2 aliphatic rings. The lowest BCUT2D eigenvalue weighted by Gasteiger charge is -2.17. The molecule has 8 N–H and O–H groups in total. The highest BCUT2D eigenvalue weighted by atomic mass is 16.6. The lowest BCUT2D eigenvalue weighted by atomic mass is 10.1. The van der Waals surface area contributed by atoms with Crippen molar-refractivity contribution < 1.29 is 43.7 Å². The van der Waals surface area contributed by atoms with Crippen LogP contribution in [-0.4, -0.2) is 96.4 Å². The van der Waals surface area contributed by atoms with Crippen molar-refractivity contribution in [3.05, 3.63) is 155 Å². The predicted octanol–water partition coefficient (Wildman–Crippen LogP) is 3.75. The quantitative estimate of drug-likeness (QED) is 0.0475. The molecule has 2 fully saturated rings. The number of ether oxygens (including phenoxy) is 2. The largest absolute Gasteiger partial charge is 0.443 e. The van der Waals surface area contributed by atoms with E-state index >= 15 is 0 Å². The summed E-state index contributed by atoms with van der Waals surface area (Å²) in [5.74, 6) is -2.23. The zero-order valence-electron chi connectivity index (χ0n) is 34.1. The summed E-state index contributed by atoms with van der Waals surface area (Å²) in [6, 6.07) is 29.3. The highest BCUT2D eigenvalue weighted by molar-refractivity contribution is 6.02. The number of hydrogen-bond donors (Lipinski definition) is 4. The van der Waals surface area contributed by atoms with Crippen LogP contribution in [-0.2, 0) is 67.7 Å². The van der Waals surface area contributed by atoms with Gasteiger partial charge in [-0.2, -0.15) is 0 Å². The minimum atomic E-state index is -1.05. The van der Waals surface area contributed by atoms with Gasteiger partial charge in [0.15, 0.2) is 12.5 Å². The molecule has 17 nitrogen and oxygen atoms in total. The van der Waals surface area contributed by atoms with E-state index in [2.05, 4.69) is 9.97 Å². The number of nitrogens with zero attached hydrogens (tertiary/aromatic N) is 4. The Morgan fingerprint density at radius 2 is 0.968 bits per heavy atom. The number of aromatic amines is 2. The van der Waals surface area contributed by atoms with Gasteiger partial charge in [-0.25, -0.2) is 19.2 Å². The fourth-order valence-corrected chi connectivity index (χ4v) is 7.73. The second kappa shape index (κ2) is 19.0. The predicted molar refractivity (Wildman–Crippen MR) is 230 cm³/mol. The first kappa shape index (κ1) is 43.5. The first-order valence-corrected chi connectivity index (χ1v) is 20.0. The summed E-state index contributed by atoms with van der Waals surface area (Å²) in [7, 11) is 0. The molecule has 2 saturated heterocycles. The highest BCUT2D eigenvalue weighted by Gasteiger charge is 2.37. The number of nitrogens with one attached hydrogen (secondary N) is 2. The van der Waals surface area contributed by atoms with Crippen LogP contribution >= 0.6 is 0 Å². The van der Waals surface area contributed by atoms with E-state index in [1.54, 1.807) is 12.4 Å². The van der Waals surface area contributed by atoms with Gasteiger partial charge in [0.2, 0.25) is 0 Å². The number of H-pyrrole nitrogens is 2. The zero-order chi connectivity index (χ0) is 43.3. The van der Waals surface area contributed by atoms with Crippen molar-refractivity contribution in [1.29, 1.82) is 0 Å². The van der Waals surface area contributed by atoms with E-state index in [1.165, 1.54) is 19.6 Å². The molecule has 2 aromatic heterocycles. The Hall–Kier alpha value is -7.60. The van der Waals surface area contributed by atoms with Gasteiger partial charge in [0.25, 0.3) is 11.8 Å².